The molecule has 0 amide bonds. The summed E-state index contributed by atoms with van der Waals surface area (Å²) in [7, 11) is -3.10. The third-order valence-corrected chi connectivity index (χ3v) is 6.10. The van der Waals surface area contributed by atoms with Gasteiger partial charge in [0.1, 0.15) is 5.52 Å². The normalized spacial score (nSPS) is 21.9. The van der Waals surface area contributed by atoms with E-state index in [2.05, 4.69) is 15.0 Å². The zero-order valence-electron chi connectivity index (χ0n) is 13.6. The number of halogens is 1. The van der Waals surface area contributed by atoms with Crippen LogP contribution < -0.4 is 10.0 Å². The number of benzene rings is 1. The lowest BCUT2D eigenvalue weighted by molar-refractivity contribution is 0.334. The van der Waals surface area contributed by atoms with Gasteiger partial charge in [0.2, 0.25) is 10.0 Å². The molecule has 24 heavy (non-hydrogen) atoms. The summed E-state index contributed by atoms with van der Waals surface area (Å²) in [4.78, 5) is 4.42. The largest absolute Gasteiger partial charge is 0.423 e. The van der Waals surface area contributed by atoms with Gasteiger partial charge in [-0.15, -0.1) is 0 Å². The number of hydrogen-bond acceptors (Lipinski definition) is 5. The standard InChI is InChI=1S/C16H22ClN3O3S/c1-2-24(21,22)18-10-11-3-6-13(7-4-11)19-16-20-14-8-5-12(17)9-15(14)23-16/h5,8-9,11,13,18H,2-4,6-7,10H2,1H3,(H,19,20)/t11-,13-. The predicted octanol–water partition coefficient (Wildman–Crippen LogP) is 3.39. The van der Waals surface area contributed by atoms with Gasteiger partial charge in [0.15, 0.2) is 5.58 Å². The fraction of sp³-hybridized carbons (Fsp3) is 0.562. The lowest BCUT2D eigenvalue weighted by Gasteiger charge is -2.28. The van der Waals surface area contributed by atoms with Crippen molar-refractivity contribution in [1.82, 2.24) is 9.71 Å². The van der Waals surface area contributed by atoms with Crippen molar-refractivity contribution in [3.63, 3.8) is 0 Å². The number of aromatic nitrogens is 1. The molecule has 0 bridgehead atoms. The van der Waals surface area contributed by atoms with Crippen molar-refractivity contribution in [1.29, 1.82) is 0 Å². The number of fused-ring (bicyclic) bond motifs is 1. The van der Waals surface area contributed by atoms with Crippen LogP contribution in [0.15, 0.2) is 22.6 Å². The molecule has 0 aliphatic heterocycles. The van der Waals surface area contributed by atoms with E-state index in [1.807, 2.05) is 6.07 Å². The lowest BCUT2D eigenvalue weighted by Crippen LogP contribution is -2.34. The third kappa shape index (κ3) is 4.40. The zero-order valence-corrected chi connectivity index (χ0v) is 15.2. The molecule has 132 valence electrons. The Morgan fingerprint density at radius 3 is 2.75 bits per heavy atom. The van der Waals surface area contributed by atoms with Crippen molar-refractivity contribution in [3.05, 3.63) is 23.2 Å². The summed E-state index contributed by atoms with van der Waals surface area (Å²) in [6.45, 7) is 2.18. The summed E-state index contributed by atoms with van der Waals surface area (Å²) in [5.41, 5.74) is 1.46. The van der Waals surface area contributed by atoms with Crippen molar-refractivity contribution in [3.8, 4) is 0 Å². The van der Waals surface area contributed by atoms with Gasteiger partial charge in [-0.1, -0.05) is 11.6 Å². The Kier molecular flexibility index (Phi) is 5.32. The molecule has 1 aliphatic rings. The summed E-state index contributed by atoms with van der Waals surface area (Å²) in [5, 5.41) is 3.96. The van der Waals surface area contributed by atoms with E-state index in [1.54, 1.807) is 19.1 Å². The fourth-order valence-corrected chi connectivity index (χ4v) is 3.85. The Labute approximate surface area is 147 Å². The van der Waals surface area contributed by atoms with E-state index in [0.29, 0.717) is 35.1 Å². The number of nitrogens with zero attached hydrogens (tertiary/aromatic N) is 1. The van der Waals surface area contributed by atoms with Gasteiger partial charge in [-0.25, -0.2) is 13.1 Å². The second-order valence-electron chi connectivity index (χ2n) is 6.24. The van der Waals surface area contributed by atoms with Crippen molar-refractivity contribution in [2.45, 2.75) is 38.6 Å². The second kappa shape index (κ2) is 7.29. The Hall–Kier alpha value is -1.31. The number of sulfonamides is 1. The van der Waals surface area contributed by atoms with Gasteiger partial charge in [0.25, 0.3) is 6.01 Å². The molecule has 0 spiro atoms. The minimum Gasteiger partial charge on any atom is -0.423 e. The second-order valence-corrected chi connectivity index (χ2v) is 8.78. The molecular weight excluding hydrogens is 350 g/mol. The van der Waals surface area contributed by atoms with Crippen LogP contribution in [0, 0.1) is 5.92 Å². The van der Waals surface area contributed by atoms with Crippen LogP contribution in [0.1, 0.15) is 32.6 Å². The molecule has 1 heterocycles. The van der Waals surface area contributed by atoms with Crippen LogP contribution in [-0.4, -0.2) is 31.7 Å². The van der Waals surface area contributed by atoms with Gasteiger partial charge in [0, 0.05) is 23.7 Å². The Morgan fingerprint density at radius 2 is 2.04 bits per heavy atom. The maximum absolute atomic E-state index is 11.5. The quantitative estimate of drug-likeness (QED) is 0.813. The Balaban J connectivity index is 1.51. The van der Waals surface area contributed by atoms with Crippen LogP contribution in [0.2, 0.25) is 5.02 Å². The molecule has 1 saturated carbocycles. The average Bonchev–Trinajstić information content (AvgIpc) is 2.95. The smallest absolute Gasteiger partial charge is 0.295 e. The lowest BCUT2D eigenvalue weighted by atomic mass is 9.86. The van der Waals surface area contributed by atoms with Gasteiger partial charge in [0.05, 0.1) is 5.75 Å². The molecule has 3 rings (SSSR count). The van der Waals surface area contributed by atoms with Gasteiger partial charge in [-0.05, 0) is 50.7 Å². The van der Waals surface area contributed by atoms with Crippen LogP contribution in [0.5, 0.6) is 0 Å². The van der Waals surface area contributed by atoms with E-state index in [-0.39, 0.29) is 5.75 Å². The number of hydrogen-bond donors (Lipinski definition) is 2. The first kappa shape index (κ1) is 17.5. The number of nitrogens with one attached hydrogen (secondary N) is 2. The monoisotopic (exact) mass is 371 g/mol. The highest BCUT2D eigenvalue weighted by Gasteiger charge is 2.23. The molecule has 1 aromatic heterocycles. The summed E-state index contributed by atoms with van der Waals surface area (Å²) in [6.07, 6.45) is 3.90. The Bertz CT molecular complexity index is 798. The highest BCUT2D eigenvalue weighted by atomic mass is 35.5. The summed E-state index contributed by atoms with van der Waals surface area (Å²) in [5.74, 6) is 0.526. The summed E-state index contributed by atoms with van der Waals surface area (Å²) >= 11 is 5.95. The zero-order chi connectivity index (χ0) is 17.2. The van der Waals surface area contributed by atoms with E-state index in [9.17, 15) is 8.42 Å². The molecule has 0 unspecified atom stereocenters. The van der Waals surface area contributed by atoms with E-state index < -0.39 is 10.0 Å². The topological polar surface area (TPSA) is 84.2 Å². The van der Waals surface area contributed by atoms with Crippen LogP contribution in [0.25, 0.3) is 11.1 Å². The van der Waals surface area contributed by atoms with Crippen molar-refractivity contribution in [2.24, 2.45) is 5.92 Å². The molecule has 6 nitrogen and oxygen atoms in total. The van der Waals surface area contributed by atoms with Crippen molar-refractivity contribution >= 4 is 38.7 Å². The van der Waals surface area contributed by atoms with Crippen molar-refractivity contribution < 1.29 is 12.8 Å². The molecule has 1 fully saturated rings. The number of oxazole rings is 1. The van der Waals surface area contributed by atoms with Gasteiger partial charge >= 0.3 is 0 Å². The Morgan fingerprint density at radius 1 is 1.29 bits per heavy atom. The molecule has 2 N–H and O–H groups in total. The van der Waals surface area contributed by atoms with Gasteiger partial charge < -0.3 is 9.73 Å². The van der Waals surface area contributed by atoms with E-state index in [4.69, 9.17) is 16.0 Å². The molecule has 8 heteroatoms. The van der Waals surface area contributed by atoms with Crippen LogP contribution in [0.3, 0.4) is 0 Å². The van der Waals surface area contributed by atoms with Crippen LogP contribution in [0.4, 0.5) is 6.01 Å². The SMILES string of the molecule is CCS(=O)(=O)NC[C@H]1CC[C@H](Nc2nc3ccc(Cl)cc3o2)CC1. The first-order valence-corrected chi connectivity index (χ1v) is 10.3. The van der Waals surface area contributed by atoms with Crippen molar-refractivity contribution in [2.75, 3.05) is 17.6 Å². The van der Waals surface area contributed by atoms with Gasteiger partial charge in [-0.2, -0.15) is 4.98 Å². The van der Waals surface area contributed by atoms with E-state index in [0.717, 1.165) is 31.2 Å². The molecule has 2 aromatic rings. The molecule has 1 aliphatic carbocycles. The average molecular weight is 372 g/mol. The maximum Gasteiger partial charge on any atom is 0.295 e. The first-order chi connectivity index (χ1) is 11.4. The number of anilines is 1. The fourth-order valence-electron chi connectivity index (χ4n) is 2.99. The molecule has 0 radical (unpaired) electrons. The maximum atomic E-state index is 11.5. The predicted molar refractivity (Wildman–Crippen MR) is 95.9 cm³/mol. The first-order valence-electron chi connectivity index (χ1n) is 8.25. The minimum absolute atomic E-state index is 0.131. The summed E-state index contributed by atoms with van der Waals surface area (Å²) < 4.78 is 31.4. The van der Waals surface area contributed by atoms with Crippen LogP contribution in [-0.2, 0) is 10.0 Å². The van der Waals surface area contributed by atoms with E-state index >= 15 is 0 Å². The molecular formula is C16H22ClN3O3S. The highest BCUT2D eigenvalue weighted by Crippen LogP contribution is 2.28. The number of rotatable bonds is 6. The minimum atomic E-state index is -3.10. The molecule has 0 atom stereocenters. The molecule has 1 aromatic carbocycles. The third-order valence-electron chi connectivity index (χ3n) is 4.50. The van der Waals surface area contributed by atoms with Gasteiger partial charge in [-0.3, -0.25) is 0 Å². The summed E-state index contributed by atoms with van der Waals surface area (Å²) in [6, 6.07) is 6.20. The highest BCUT2D eigenvalue weighted by molar-refractivity contribution is 7.89. The van der Waals surface area contributed by atoms with Crippen LogP contribution >= 0.6 is 11.6 Å². The van der Waals surface area contributed by atoms with E-state index in [1.165, 1.54) is 0 Å². The molecule has 0 saturated heterocycles.